The van der Waals surface area contributed by atoms with Crippen molar-refractivity contribution < 1.29 is 13.7 Å². The van der Waals surface area contributed by atoms with Crippen molar-refractivity contribution in [2.75, 3.05) is 7.05 Å². The van der Waals surface area contributed by atoms with E-state index in [1.807, 2.05) is 42.5 Å². The summed E-state index contributed by atoms with van der Waals surface area (Å²) in [5.74, 6) is 0.191. The van der Waals surface area contributed by atoms with Crippen LogP contribution in [-0.4, -0.2) is 23.3 Å². The zero-order valence-electron chi connectivity index (χ0n) is 17.6. The average Bonchev–Trinajstić information content (AvgIpc) is 2.71. The fourth-order valence-corrected chi connectivity index (χ4v) is 5.46. The summed E-state index contributed by atoms with van der Waals surface area (Å²) in [6, 6.07) is 9.43. The Labute approximate surface area is 170 Å². The molecule has 0 aliphatic carbocycles. The number of ether oxygens (including phenoxy) is 1. The minimum absolute atomic E-state index is 0.0308. The number of rotatable bonds is 4. The molecule has 0 aromatic heterocycles. The lowest BCUT2D eigenvalue weighted by Crippen LogP contribution is -2.34. The molecule has 1 aromatic rings. The highest BCUT2D eigenvalue weighted by Crippen LogP contribution is 2.32. The molecular formula is C23H33NO3S. The molecule has 0 fully saturated rings. The molecule has 1 heterocycles. The normalized spacial score (nSPS) is 26.5. The van der Waals surface area contributed by atoms with E-state index in [4.69, 9.17) is 4.74 Å². The van der Waals surface area contributed by atoms with Gasteiger partial charge in [-0.25, -0.2) is 8.57 Å². The maximum absolute atomic E-state index is 14.0. The molecule has 1 aliphatic heterocycles. The van der Waals surface area contributed by atoms with Crippen LogP contribution < -0.4 is 0 Å². The van der Waals surface area contributed by atoms with Crippen molar-refractivity contribution in [1.29, 1.82) is 0 Å². The van der Waals surface area contributed by atoms with E-state index in [0.29, 0.717) is 24.2 Å². The summed E-state index contributed by atoms with van der Waals surface area (Å²) in [4.78, 5) is 13.8. The maximum Gasteiger partial charge on any atom is 0.306 e. The summed E-state index contributed by atoms with van der Waals surface area (Å²) in [5, 5.41) is 0. The molecule has 1 aliphatic rings. The van der Waals surface area contributed by atoms with Crippen LogP contribution in [0.15, 0.2) is 62.7 Å². The third-order valence-electron chi connectivity index (χ3n) is 5.13. The lowest BCUT2D eigenvalue weighted by Gasteiger charge is -2.31. The minimum atomic E-state index is -2.72. The lowest BCUT2D eigenvalue weighted by atomic mass is 9.84. The zero-order valence-corrected chi connectivity index (χ0v) is 18.4. The van der Waals surface area contributed by atoms with Gasteiger partial charge in [-0.2, -0.15) is 0 Å². The number of esters is 1. The van der Waals surface area contributed by atoms with Crippen LogP contribution in [0.5, 0.6) is 0 Å². The lowest BCUT2D eigenvalue weighted by molar-refractivity contribution is -0.154. The topological polar surface area (TPSA) is 55.7 Å². The molecular weight excluding hydrogens is 370 g/mol. The zero-order chi connectivity index (χ0) is 20.7. The van der Waals surface area contributed by atoms with Crippen LogP contribution in [0.25, 0.3) is 0 Å². The second-order valence-electron chi connectivity index (χ2n) is 7.89. The molecule has 2 unspecified atom stereocenters. The monoisotopic (exact) mass is 403 g/mol. The number of hydrogen-bond acceptors (Lipinski definition) is 4. The van der Waals surface area contributed by atoms with Crippen LogP contribution in [0.2, 0.25) is 0 Å². The second kappa shape index (κ2) is 10.1. The van der Waals surface area contributed by atoms with E-state index >= 15 is 0 Å². The van der Waals surface area contributed by atoms with Gasteiger partial charge in [0.2, 0.25) is 0 Å². The molecule has 0 saturated heterocycles. The molecule has 3 atom stereocenters. The predicted molar refractivity (Wildman–Crippen MR) is 115 cm³/mol. The smallest absolute Gasteiger partial charge is 0.306 e. The van der Waals surface area contributed by atoms with Gasteiger partial charge in [-0.05, 0) is 36.8 Å². The second-order valence-corrected chi connectivity index (χ2v) is 10.3. The summed E-state index contributed by atoms with van der Waals surface area (Å²) in [6.45, 7) is 8.37. The Hall–Kier alpha value is -1.88. The Morgan fingerprint density at radius 2 is 1.75 bits per heavy atom. The summed E-state index contributed by atoms with van der Waals surface area (Å²) in [5.41, 5.74) is 0. The molecule has 5 heteroatoms. The van der Waals surface area contributed by atoms with Crippen LogP contribution in [0, 0.1) is 17.8 Å². The van der Waals surface area contributed by atoms with Crippen LogP contribution in [0.1, 0.15) is 47.0 Å². The fraction of sp³-hybridized carbons (Fsp3) is 0.522. The number of carbonyl (C=O) groups is 1. The highest BCUT2D eigenvalue weighted by atomic mass is 32.2. The Morgan fingerprint density at radius 1 is 1.07 bits per heavy atom. The van der Waals surface area contributed by atoms with Crippen LogP contribution in [0.3, 0.4) is 0 Å². The molecule has 0 spiro atoms. The number of cyclic esters (lactones) is 1. The van der Waals surface area contributed by atoms with Crippen molar-refractivity contribution in [3.63, 3.8) is 0 Å². The quantitative estimate of drug-likeness (QED) is 0.485. The standard InChI is InChI=1S/C23H33NO3S/c1-17(2)21-16-20(28(26,24-5)19-12-8-6-9-13-19)14-10-7-11-15-22(25)27-23(21)18(3)4/h6-10,12-13,16-18,21,23H,11,14-15H2,1-5H3/b10-7-,20-16+/t21-,23?,28?/m0/s1. The van der Waals surface area contributed by atoms with Crippen molar-refractivity contribution in [1.82, 2.24) is 0 Å². The average molecular weight is 404 g/mol. The van der Waals surface area contributed by atoms with Crippen molar-refractivity contribution >= 4 is 15.7 Å². The number of hydrogen-bond donors (Lipinski definition) is 0. The highest BCUT2D eigenvalue weighted by Gasteiger charge is 2.31. The third kappa shape index (κ3) is 5.34. The molecule has 0 N–H and O–H groups in total. The van der Waals surface area contributed by atoms with E-state index in [2.05, 4.69) is 38.1 Å². The summed E-state index contributed by atoms with van der Waals surface area (Å²) in [6.07, 6.45) is 7.33. The van der Waals surface area contributed by atoms with Crippen LogP contribution in [0.4, 0.5) is 0 Å². The predicted octanol–water partition coefficient (Wildman–Crippen LogP) is 5.61. The van der Waals surface area contributed by atoms with Crippen LogP contribution in [-0.2, 0) is 19.3 Å². The van der Waals surface area contributed by atoms with Gasteiger partial charge in [-0.15, -0.1) is 0 Å². The van der Waals surface area contributed by atoms with Crippen molar-refractivity contribution in [2.45, 2.75) is 58.0 Å². The molecule has 4 nitrogen and oxygen atoms in total. The van der Waals surface area contributed by atoms with Crippen molar-refractivity contribution in [3.8, 4) is 0 Å². The van der Waals surface area contributed by atoms with Gasteiger partial charge in [0, 0.05) is 24.3 Å². The maximum atomic E-state index is 14.0. The first kappa shape index (κ1) is 22.4. The molecule has 0 saturated carbocycles. The fourth-order valence-electron chi connectivity index (χ4n) is 3.52. The molecule has 154 valence electrons. The van der Waals surface area contributed by atoms with Crippen molar-refractivity contribution in [3.05, 3.63) is 53.5 Å². The third-order valence-corrected chi connectivity index (χ3v) is 7.57. The van der Waals surface area contributed by atoms with Gasteiger partial charge in [0.15, 0.2) is 0 Å². The molecule has 28 heavy (non-hydrogen) atoms. The van der Waals surface area contributed by atoms with Gasteiger partial charge < -0.3 is 4.74 Å². The highest BCUT2D eigenvalue weighted by molar-refractivity contribution is 7.97. The number of carbonyl (C=O) groups excluding carboxylic acids is 1. The van der Waals surface area contributed by atoms with Gasteiger partial charge in [0.1, 0.15) is 6.10 Å². The Kier molecular flexibility index (Phi) is 8.05. The van der Waals surface area contributed by atoms with E-state index < -0.39 is 9.73 Å². The largest absolute Gasteiger partial charge is 0.461 e. The van der Waals surface area contributed by atoms with Crippen LogP contribution >= 0.6 is 0 Å². The van der Waals surface area contributed by atoms with Gasteiger partial charge in [0.25, 0.3) is 0 Å². The molecule has 0 bridgehead atoms. The van der Waals surface area contributed by atoms with Gasteiger partial charge in [-0.1, -0.05) is 64.1 Å². The molecule has 1 aromatic carbocycles. The Bertz CT molecular complexity index is 831. The first-order valence-corrected chi connectivity index (χ1v) is 11.6. The summed E-state index contributed by atoms with van der Waals surface area (Å²) >= 11 is 0. The number of benzene rings is 1. The SMILES string of the molecule is CN=S(=O)(/C1=C/[C@@H](C(C)C)C(C(C)C)OC(=O)CC/C=C\C1)c1ccccc1. The van der Waals surface area contributed by atoms with E-state index in [-0.39, 0.29) is 29.8 Å². The van der Waals surface area contributed by atoms with E-state index in [9.17, 15) is 9.00 Å². The van der Waals surface area contributed by atoms with Gasteiger partial charge in [0.05, 0.1) is 14.6 Å². The number of allylic oxidation sites excluding steroid dienone is 3. The minimum Gasteiger partial charge on any atom is -0.461 e. The Balaban J connectivity index is 2.64. The first-order valence-electron chi connectivity index (χ1n) is 10.0. The van der Waals surface area contributed by atoms with E-state index in [1.165, 1.54) is 0 Å². The van der Waals surface area contributed by atoms with Gasteiger partial charge in [-0.3, -0.25) is 4.79 Å². The molecule has 2 rings (SSSR count). The van der Waals surface area contributed by atoms with E-state index in [0.717, 1.165) is 4.91 Å². The number of nitrogens with zero attached hydrogens (tertiary/aromatic N) is 1. The first-order chi connectivity index (χ1) is 13.3. The molecule has 0 radical (unpaired) electrons. The van der Waals surface area contributed by atoms with Gasteiger partial charge >= 0.3 is 5.97 Å². The Morgan fingerprint density at radius 3 is 2.32 bits per heavy atom. The van der Waals surface area contributed by atoms with E-state index in [1.54, 1.807) is 7.05 Å². The summed E-state index contributed by atoms with van der Waals surface area (Å²) in [7, 11) is -1.10. The summed E-state index contributed by atoms with van der Waals surface area (Å²) < 4.78 is 24.2. The van der Waals surface area contributed by atoms with Crippen molar-refractivity contribution in [2.24, 2.45) is 22.1 Å². The molecule has 0 amide bonds.